The first kappa shape index (κ1) is 20.9. The number of ether oxygens (including phenoxy) is 1. The molecule has 2 heterocycles. The molecule has 6 nitrogen and oxygen atoms in total. The highest BCUT2D eigenvalue weighted by Crippen LogP contribution is 2.30. The minimum atomic E-state index is -0.401. The van der Waals surface area contributed by atoms with E-state index in [-0.39, 0.29) is 0 Å². The summed E-state index contributed by atoms with van der Waals surface area (Å²) in [6.45, 7) is 4.07. The third-order valence-corrected chi connectivity index (χ3v) is 6.20. The normalized spacial score (nSPS) is 21.1. The first-order chi connectivity index (χ1) is 15.2. The van der Waals surface area contributed by atoms with E-state index in [1.54, 1.807) is 18.3 Å². The Morgan fingerprint density at radius 3 is 2.61 bits per heavy atom. The van der Waals surface area contributed by atoms with Crippen LogP contribution in [0.3, 0.4) is 0 Å². The van der Waals surface area contributed by atoms with E-state index in [1.165, 1.54) is 12.8 Å². The Morgan fingerprint density at radius 2 is 1.90 bits per heavy atom. The first-order valence-corrected chi connectivity index (χ1v) is 10.7. The number of nitrogens with zero attached hydrogens (tertiary/aromatic N) is 4. The summed E-state index contributed by atoms with van der Waals surface area (Å²) in [6.07, 6.45) is 4.95. The van der Waals surface area contributed by atoms with Crippen molar-refractivity contribution in [1.82, 2.24) is 9.88 Å². The molecule has 0 unspecified atom stereocenters. The lowest BCUT2D eigenvalue weighted by molar-refractivity contribution is 0.0600. The number of hydrogen-bond acceptors (Lipinski definition) is 6. The van der Waals surface area contributed by atoms with Crippen molar-refractivity contribution in [2.75, 3.05) is 38.2 Å². The largest absolute Gasteiger partial charge is 0.465 e. The molecule has 2 atom stereocenters. The Morgan fingerprint density at radius 1 is 1.13 bits per heavy atom. The van der Waals surface area contributed by atoms with Crippen molar-refractivity contribution in [3.05, 3.63) is 59.4 Å². The lowest BCUT2D eigenvalue weighted by Gasteiger charge is -2.39. The molecule has 2 aliphatic rings. The average molecular weight is 415 g/mol. The lowest BCUT2D eigenvalue weighted by Crippen LogP contribution is -2.49. The van der Waals surface area contributed by atoms with Gasteiger partial charge in [0.1, 0.15) is 5.69 Å². The molecule has 1 aromatic heterocycles. The highest BCUT2D eigenvalue weighted by atomic mass is 16.5. The van der Waals surface area contributed by atoms with E-state index < -0.39 is 5.97 Å². The van der Waals surface area contributed by atoms with E-state index in [4.69, 9.17) is 10.00 Å². The zero-order chi connectivity index (χ0) is 21.6. The van der Waals surface area contributed by atoms with Crippen LogP contribution in [0.15, 0.2) is 42.6 Å². The quantitative estimate of drug-likeness (QED) is 0.568. The molecule has 0 amide bonds. The van der Waals surface area contributed by atoms with Crippen molar-refractivity contribution in [3.8, 4) is 17.9 Å². The fourth-order valence-electron chi connectivity index (χ4n) is 4.46. The smallest absolute Gasteiger partial charge is 0.340 e. The number of rotatable bonds is 3. The number of pyridine rings is 1. The van der Waals surface area contributed by atoms with Crippen molar-refractivity contribution in [2.45, 2.75) is 25.3 Å². The van der Waals surface area contributed by atoms with Crippen LogP contribution in [0.2, 0.25) is 0 Å². The SMILES string of the molecule is COC(=O)c1cccnc1C#C[C@@H]1CC[C@@H](N2CCN(c3ccc(C#N)cc3)CC2)C1. The molecule has 1 saturated heterocycles. The van der Waals surface area contributed by atoms with Crippen LogP contribution >= 0.6 is 0 Å². The third-order valence-electron chi connectivity index (χ3n) is 6.20. The van der Waals surface area contributed by atoms with Gasteiger partial charge in [-0.2, -0.15) is 5.26 Å². The number of anilines is 1. The standard InChI is InChI=1S/C25H26N4O2/c1-31-25(30)23-3-2-12-27-24(23)11-7-19-4-10-22(17-19)29-15-13-28(14-16-29)21-8-5-20(18-26)6-9-21/h2-3,5-6,8-9,12,19,22H,4,10,13-17H2,1H3/t19-,22+/m0/s1. The second-order valence-electron chi connectivity index (χ2n) is 8.01. The van der Waals surface area contributed by atoms with Crippen LogP contribution in [0, 0.1) is 29.1 Å². The summed E-state index contributed by atoms with van der Waals surface area (Å²) in [6, 6.07) is 14.0. The highest BCUT2D eigenvalue weighted by molar-refractivity contribution is 5.91. The maximum absolute atomic E-state index is 11.9. The van der Waals surface area contributed by atoms with Gasteiger partial charge in [0.05, 0.1) is 24.3 Å². The number of nitriles is 1. The van der Waals surface area contributed by atoms with Gasteiger partial charge < -0.3 is 9.64 Å². The van der Waals surface area contributed by atoms with E-state index >= 15 is 0 Å². The fourth-order valence-corrected chi connectivity index (χ4v) is 4.46. The molecule has 1 aliphatic heterocycles. The molecular weight excluding hydrogens is 388 g/mol. The van der Waals surface area contributed by atoms with Gasteiger partial charge in [-0.15, -0.1) is 0 Å². The summed E-state index contributed by atoms with van der Waals surface area (Å²) in [5, 5.41) is 8.96. The number of aromatic nitrogens is 1. The van der Waals surface area contributed by atoms with Crippen LogP contribution in [-0.4, -0.2) is 55.2 Å². The number of carbonyl (C=O) groups excluding carboxylic acids is 1. The third kappa shape index (κ3) is 4.87. The van der Waals surface area contributed by atoms with Crippen LogP contribution in [0.4, 0.5) is 5.69 Å². The maximum Gasteiger partial charge on any atom is 0.340 e. The molecule has 1 aliphatic carbocycles. The van der Waals surface area contributed by atoms with Crippen LogP contribution in [0.1, 0.15) is 40.9 Å². The number of methoxy groups -OCH3 is 1. The zero-order valence-electron chi connectivity index (χ0n) is 17.8. The fraction of sp³-hybridized carbons (Fsp3) is 0.400. The van der Waals surface area contributed by atoms with E-state index in [1.807, 2.05) is 24.3 Å². The Hall–Kier alpha value is -3.35. The monoisotopic (exact) mass is 414 g/mol. The Kier molecular flexibility index (Phi) is 6.50. The molecule has 31 heavy (non-hydrogen) atoms. The van der Waals surface area contributed by atoms with Gasteiger partial charge in [0.2, 0.25) is 0 Å². The van der Waals surface area contributed by atoms with Crippen LogP contribution in [0.25, 0.3) is 0 Å². The number of piperazine rings is 1. The van der Waals surface area contributed by atoms with Crippen LogP contribution in [-0.2, 0) is 4.74 Å². The molecule has 0 N–H and O–H groups in total. The molecular formula is C25H26N4O2. The summed E-state index contributed by atoms with van der Waals surface area (Å²) in [4.78, 5) is 21.1. The maximum atomic E-state index is 11.9. The minimum absolute atomic E-state index is 0.328. The lowest BCUT2D eigenvalue weighted by atomic mass is 10.1. The van der Waals surface area contributed by atoms with Crippen molar-refractivity contribution < 1.29 is 9.53 Å². The summed E-state index contributed by atoms with van der Waals surface area (Å²) >= 11 is 0. The topological polar surface area (TPSA) is 69.5 Å². The summed E-state index contributed by atoms with van der Waals surface area (Å²) in [5.74, 6) is 6.39. The predicted octanol–water partition coefficient (Wildman–Crippen LogP) is 3.08. The number of esters is 1. The number of carbonyl (C=O) groups is 1. The Labute approximate surface area is 183 Å². The zero-order valence-corrected chi connectivity index (χ0v) is 17.8. The van der Waals surface area contributed by atoms with Gasteiger partial charge in [0.25, 0.3) is 0 Å². The van der Waals surface area contributed by atoms with E-state index in [2.05, 4.69) is 32.7 Å². The average Bonchev–Trinajstić information content (AvgIpc) is 3.32. The Balaban J connectivity index is 1.32. The molecule has 1 saturated carbocycles. The van der Waals surface area contributed by atoms with Gasteiger partial charge in [0, 0.05) is 50.0 Å². The van der Waals surface area contributed by atoms with Gasteiger partial charge in [-0.3, -0.25) is 4.90 Å². The van der Waals surface area contributed by atoms with Gasteiger partial charge in [0.15, 0.2) is 0 Å². The van der Waals surface area contributed by atoms with Crippen molar-refractivity contribution in [1.29, 1.82) is 5.26 Å². The molecule has 4 rings (SSSR count). The van der Waals surface area contributed by atoms with Gasteiger partial charge >= 0.3 is 5.97 Å². The molecule has 0 radical (unpaired) electrons. The van der Waals surface area contributed by atoms with Crippen molar-refractivity contribution >= 4 is 11.7 Å². The van der Waals surface area contributed by atoms with Gasteiger partial charge in [-0.1, -0.05) is 5.92 Å². The van der Waals surface area contributed by atoms with Crippen molar-refractivity contribution in [2.24, 2.45) is 5.92 Å². The molecule has 2 fully saturated rings. The second-order valence-corrected chi connectivity index (χ2v) is 8.01. The molecule has 0 bridgehead atoms. The number of benzene rings is 1. The van der Waals surface area contributed by atoms with Gasteiger partial charge in [-0.05, 0) is 61.6 Å². The first-order valence-electron chi connectivity index (χ1n) is 10.7. The molecule has 158 valence electrons. The summed E-state index contributed by atoms with van der Waals surface area (Å²) < 4.78 is 4.83. The van der Waals surface area contributed by atoms with Crippen molar-refractivity contribution in [3.63, 3.8) is 0 Å². The minimum Gasteiger partial charge on any atom is -0.465 e. The summed E-state index contributed by atoms with van der Waals surface area (Å²) in [5.41, 5.74) is 2.80. The molecule has 1 aromatic carbocycles. The Bertz CT molecular complexity index is 1020. The molecule has 0 spiro atoms. The highest BCUT2D eigenvalue weighted by Gasteiger charge is 2.30. The van der Waals surface area contributed by atoms with E-state index in [0.29, 0.717) is 28.8 Å². The summed E-state index contributed by atoms with van der Waals surface area (Å²) in [7, 11) is 1.37. The second kappa shape index (κ2) is 9.64. The molecule has 2 aromatic rings. The van der Waals surface area contributed by atoms with Crippen LogP contribution < -0.4 is 4.90 Å². The van der Waals surface area contributed by atoms with E-state index in [0.717, 1.165) is 45.4 Å². The van der Waals surface area contributed by atoms with E-state index in [9.17, 15) is 4.79 Å². The van der Waals surface area contributed by atoms with Gasteiger partial charge in [-0.25, -0.2) is 9.78 Å². The predicted molar refractivity (Wildman–Crippen MR) is 119 cm³/mol. The number of hydrogen-bond donors (Lipinski definition) is 0. The van der Waals surface area contributed by atoms with Crippen LogP contribution in [0.5, 0.6) is 0 Å². The molecule has 6 heteroatoms.